The summed E-state index contributed by atoms with van der Waals surface area (Å²) in [5.74, 6) is 1.15. The lowest BCUT2D eigenvalue weighted by Crippen LogP contribution is -2.47. The van der Waals surface area contributed by atoms with Crippen LogP contribution < -0.4 is 15.3 Å². The van der Waals surface area contributed by atoms with Gasteiger partial charge in [-0.25, -0.2) is 15.4 Å². The Morgan fingerprint density at radius 3 is 2.56 bits per heavy atom. The SMILES string of the molecule is CCONC(=O)c1cccc(CSc2nc(Cl)cc(N3CCN(c4ccccc4Cl)CC3)n2)c1. The number of nitrogens with one attached hydrogen (secondary N) is 1. The average molecular weight is 518 g/mol. The summed E-state index contributed by atoms with van der Waals surface area (Å²) in [6, 6.07) is 17.1. The van der Waals surface area contributed by atoms with Crippen molar-refractivity contribution in [2.24, 2.45) is 0 Å². The monoisotopic (exact) mass is 517 g/mol. The molecule has 0 unspecified atom stereocenters. The van der Waals surface area contributed by atoms with E-state index in [0.29, 0.717) is 28.2 Å². The third kappa shape index (κ3) is 6.33. The van der Waals surface area contributed by atoms with E-state index in [2.05, 4.69) is 20.3 Å². The van der Waals surface area contributed by atoms with Crippen LogP contribution in [-0.4, -0.2) is 48.7 Å². The molecule has 1 saturated heterocycles. The minimum atomic E-state index is -0.272. The molecule has 3 aromatic rings. The lowest BCUT2D eigenvalue weighted by Gasteiger charge is -2.37. The Bertz CT molecular complexity index is 1140. The number of aromatic nitrogens is 2. The van der Waals surface area contributed by atoms with Crippen LogP contribution in [0.1, 0.15) is 22.8 Å². The van der Waals surface area contributed by atoms with Crippen molar-refractivity contribution in [3.8, 4) is 0 Å². The lowest BCUT2D eigenvalue weighted by atomic mass is 10.1. The molecule has 0 saturated carbocycles. The molecule has 1 aliphatic heterocycles. The van der Waals surface area contributed by atoms with Crippen molar-refractivity contribution in [1.82, 2.24) is 15.4 Å². The van der Waals surface area contributed by atoms with Crippen LogP contribution in [0, 0.1) is 0 Å². The molecule has 1 fully saturated rings. The Hall–Kier alpha value is -2.52. The highest BCUT2D eigenvalue weighted by molar-refractivity contribution is 7.98. The largest absolute Gasteiger partial charge is 0.367 e. The number of halogens is 2. The fourth-order valence-electron chi connectivity index (χ4n) is 3.64. The number of amides is 1. The highest BCUT2D eigenvalue weighted by Gasteiger charge is 2.21. The number of piperazine rings is 1. The van der Waals surface area contributed by atoms with E-state index in [1.807, 2.05) is 49.4 Å². The van der Waals surface area contributed by atoms with Gasteiger partial charge in [0.25, 0.3) is 5.91 Å². The van der Waals surface area contributed by atoms with E-state index in [1.165, 1.54) is 11.8 Å². The highest BCUT2D eigenvalue weighted by Crippen LogP contribution is 2.29. The van der Waals surface area contributed by atoms with Crippen LogP contribution in [0.15, 0.2) is 59.8 Å². The number of carbonyl (C=O) groups excluding carboxylic acids is 1. The van der Waals surface area contributed by atoms with Crippen molar-refractivity contribution in [2.45, 2.75) is 17.8 Å². The lowest BCUT2D eigenvalue weighted by molar-refractivity contribution is 0.0364. The fourth-order valence-corrected chi connectivity index (χ4v) is 4.92. The summed E-state index contributed by atoms with van der Waals surface area (Å²) < 4.78 is 0. The van der Waals surface area contributed by atoms with Crippen LogP contribution in [-0.2, 0) is 10.6 Å². The standard InChI is InChI=1S/C24H25Cl2N5O2S/c1-2-33-29-23(32)18-7-5-6-17(14-18)16-34-24-27-21(26)15-22(28-24)31-12-10-30(11-13-31)20-9-4-3-8-19(20)25/h3-9,14-15H,2,10-13,16H2,1H3,(H,29,32). The van der Waals surface area contributed by atoms with Crippen LogP contribution in [0.4, 0.5) is 11.5 Å². The third-order valence-electron chi connectivity index (χ3n) is 5.32. The van der Waals surface area contributed by atoms with E-state index in [-0.39, 0.29) is 5.91 Å². The van der Waals surface area contributed by atoms with Crippen LogP contribution in [0.25, 0.3) is 0 Å². The van der Waals surface area contributed by atoms with Gasteiger partial charge in [-0.2, -0.15) is 0 Å². The van der Waals surface area contributed by atoms with Gasteiger partial charge in [-0.3, -0.25) is 9.63 Å². The van der Waals surface area contributed by atoms with Crippen LogP contribution >= 0.6 is 35.0 Å². The molecule has 1 N–H and O–H groups in total. The van der Waals surface area contributed by atoms with Gasteiger partial charge in [0, 0.05) is 43.6 Å². The molecule has 178 valence electrons. The van der Waals surface area contributed by atoms with Crippen molar-refractivity contribution >= 4 is 52.4 Å². The molecular formula is C24H25Cl2N5O2S. The van der Waals surface area contributed by atoms with E-state index >= 15 is 0 Å². The van der Waals surface area contributed by atoms with E-state index in [9.17, 15) is 4.79 Å². The van der Waals surface area contributed by atoms with Crippen molar-refractivity contribution in [2.75, 3.05) is 42.6 Å². The maximum atomic E-state index is 12.1. The number of rotatable bonds is 8. The molecule has 1 aliphatic rings. The van der Waals surface area contributed by atoms with Gasteiger partial charge in [-0.1, -0.05) is 59.2 Å². The first-order valence-corrected chi connectivity index (χ1v) is 12.7. The van der Waals surface area contributed by atoms with E-state index in [0.717, 1.165) is 48.3 Å². The summed E-state index contributed by atoms with van der Waals surface area (Å²) in [5, 5.41) is 1.77. The van der Waals surface area contributed by atoms with Gasteiger partial charge >= 0.3 is 0 Å². The van der Waals surface area contributed by atoms with Gasteiger partial charge in [0.05, 0.1) is 17.3 Å². The zero-order chi connectivity index (χ0) is 23.9. The number of carbonyl (C=O) groups is 1. The second kappa shape index (κ2) is 11.8. The number of para-hydroxylation sites is 1. The van der Waals surface area contributed by atoms with E-state index < -0.39 is 0 Å². The summed E-state index contributed by atoms with van der Waals surface area (Å²) in [5.41, 5.74) is 4.98. The number of hydrogen-bond donors (Lipinski definition) is 1. The zero-order valence-electron chi connectivity index (χ0n) is 18.7. The van der Waals surface area contributed by atoms with Crippen molar-refractivity contribution in [3.05, 3.63) is 75.9 Å². The first-order valence-electron chi connectivity index (χ1n) is 11.0. The number of anilines is 2. The Kier molecular flexibility index (Phi) is 8.50. The fraction of sp³-hybridized carbons (Fsp3) is 0.292. The number of hydrogen-bond acceptors (Lipinski definition) is 7. The molecule has 2 aromatic carbocycles. The first kappa shape index (κ1) is 24.6. The van der Waals surface area contributed by atoms with Gasteiger partial charge in [0.1, 0.15) is 11.0 Å². The second-order valence-corrected chi connectivity index (χ2v) is 9.35. The maximum absolute atomic E-state index is 12.1. The summed E-state index contributed by atoms with van der Waals surface area (Å²) >= 11 is 14.2. The van der Waals surface area contributed by atoms with Crippen molar-refractivity contribution in [1.29, 1.82) is 0 Å². The highest BCUT2D eigenvalue weighted by atomic mass is 35.5. The van der Waals surface area contributed by atoms with Crippen molar-refractivity contribution in [3.63, 3.8) is 0 Å². The van der Waals surface area contributed by atoms with Gasteiger partial charge in [0.15, 0.2) is 5.16 Å². The van der Waals surface area contributed by atoms with E-state index in [4.69, 9.17) is 33.0 Å². The normalized spacial score (nSPS) is 13.7. The first-order chi connectivity index (χ1) is 16.5. The maximum Gasteiger partial charge on any atom is 0.274 e. The molecule has 4 rings (SSSR count). The molecule has 0 radical (unpaired) electrons. The molecule has 2 heterocycles. The van der Waals surface area contributed by atoms with Gasteiger partial charge < -0.3 is 9.80 Å². The molecule has 7 nitrogen and oxygen atoms in total. The molecule has 1 amide bonds. The second-order valence-electron chi connectivity index (χ2n) is 7.61. The number of thioether (sulfide) groups is 1. The number of nitrogens with zero attached hydrogens (tertiary/aromatic N) is 4. The smallest absolute Gasteiger partial charge is 0.274 e. The third-order valence-corrected chi connectivity index (χ3v) is 6.76. The average Bonchev–Trinajstić information content (AvgIpc) is 2.86. The Morgan fingerprint density at radius 1 is 1.03 bits per heavy atom. The topological polar surface area (TPSA) is 70.6 Å². The quantitative estimate of drug-likeness (QED) is 0.193. The molecule has 10 heteroatoms. The van der Waals surface area contributed by atoms with Gasteiger partial charge in [0.2, 0.25) is 0 Å². The minimum absolute atomic E-state index is 0.272. The summed E-state index contributed by atoms with van der Waals surface area (Å²) in [6.45, 7) is 5.50. The predicted molar refractivity (Wildman–Crippen MR) is 138 cm³/mol. The molecule has 34 heavy (non-hydrogen) atoms. The Balaban J connectivity index is 1.38. The molecular weight excluding hydrogens is 493 g/mol. The Labute approximate surface area is 213 Å². The van der Waals surface area contributed by atoms with Crippen LogP contribution in [0.3, 0.4) is 0 Å². The predicted octanol–water partition coefficient (Wildman–Crippen LogP) is 5.08. The van der Waals surface area contributed by atoms with Crippen LogP contribution in [0.2, 0.25) is 10.2 Å². The van der Waals surface area contributed by atoms with Crippen LogP contribution in [0.5, 0.6) is 0 Å². The van der Waals surface area contributed by atoms with Gasteiger partial charge in [-0.05, 0) is 36.8 Å². The molecule has 0 aliphatic carbocycles. The number of benzene rings is 2. The zero-order valence-corrected chi connectivity index (χ0v) is 21.0. The number of hydroxylamine groups is 1. The summed E-state index contributed by atoms with van der Waals surface area (Å²) in [7, 11) is 0. The van der Waals surface area contributed by atoms with E-state index in [1.54, 1.807) is 12.1 Å². The van der Waals surface area contributed by atoms with Crippen molar-refractivity contribution < 1.29 is 9.63 Å². The summed E-state index contributed by atoms with van der Waals surface area (Å²) in [6.07, 6.45) is 0. The van der Waals surface area contributed by atoms with Gasteiger partial charge in [-0.15, -0.1) is 0 Å². The molecule has 0 spiro atoms. The molecule has 0 atom stereocenters. The molecule has 0 bridgehead atoms. The minimum Gasteiger partial charge on any atom is -0.367 e. The summed E-state index contributed by atoms with van der Waals surface area (Å²) in [4.78, 5) is 30.7. The Morgan fingerprint density at radius 2 is 1.79 bits per heavy atom. The molecule has 1 aromatic heterocycles.